The molecule has 1 aromatic carbocycles. The van der Waals surface area contributed by atoms with Crippen LogP contribution in [0.2, 0.25) is 0 Å². The molecule has 0 saturated heterocycles. The van der Waals surface area contributed by atoms with Crippen molar-refractivity contribution in [1.29, 1.82) is 0 Å². The third kappa shape index (κ3) is 2.89. The van der Waals surface area contributed by atoms with Crippen LogP contribution in [-0.2, 0) is 5.41 Å². The highest BCUT2D eigenvalue weighted by molar-refractivity contribution is 5.86. The fourth-order valence-corrected chi connectivity index (χ4v) is 2.45. The highest BCUT2D eigenvalue weighted by atomic mass is 14.9. The normalized spacial score (nSPS) is 15.7. The van der Waals surface area contributed by atoms with Gasteiger partial charge in [-0.25, -0.2) is 0 Å². The zero-order chi connectivity index (χ0) is 14.9. The van der Waals surface area contributed by atoms with E-state index in [1.165, 1.54) is 16.7 Å². The molecule has 1 aliphatic rings. The molecule has 0 saturated carbocycles. The monoisotopic (exact) mass is 276 g/mol. The molecule has 0 spiro atoms. The number of hydrogen-bond donors (Lipinski definition) is 1. The summed E-state index contributed by atoms with van der Waals surface area (Å²) in [7, 11) is 0. The first-order chi connectivity index (χ1) is 10.0. The maximum atomic E-state index is 4.48. The lowest BCUT2D eigenvalue weighted by Crippen LogP contribution is -2.12. The maximum Gasteiger partial charge on any atom is 0.0653 e. The summed E-state index contributed by atoms with van der Waals surface area (Å²) in [5.74, 6) is 0. The number of rotatable bonds is 1. The van der Waals surface area contributed by atoms with Crippen LogP contribution >= 0.6 is 0 Å². The lowest BCUT2D eigenvalue weighted by molar-refractivity contribution is 0.589. The van der Waals surface area contributed by atoms with Gasteiger partial charge in [0.05, 0.1) is 5.69 Å². The summed E-state index contributed by atoms with van der Waals surface area (Å²) < 4.78 is 0. The number of hydrogen-bond acceptors (Lipinski definition) is 2. The Hall–Kier alpha value is -2.35. The van der Waals surface area contributed by atoms with Crippen molar-refractivity contribution >= 4 is 17.8 Å². The molecule has 106 valence electrons. The van der Waals surface area contributed by atoms with E-state index in [4.69, 9.17) is 0 Å². The van der Waals surface area contributed by atoms with Gasteiger partial charge < -0.3 is 5.32 Å². The molecule has 1 aromatic heterocycles. The molecule has 0 fully saturated rings. The van der Waals surface area contributed by atoms with Crippen molar-refractivity contribution in [2.24, 2.45) is 0 Å². The molecule has 2 aromatic rings. The Morgan fingerprint density at radius 1 is 1.10 bits per heavy atom. The van der Waals surface area contributed by atoms with Crippen LogP contribution < -0.4 is 5.32 Å². The second kappa shape index (κ2) is 5.21. The van der Waals surface area contributed by atoms with Crippen LogP contribution in [0.25, 0.3) is 17.8 Å². The van der Waals surface area contributed by atoms with E-state index in [-0.39, 0.29) is 5.41 Å². The van der Waals surface area contributed by atoms with Gasteiger partial charge in [-0.1, -0.05) is 45.0 Å². The van der Waals surface area contributed by atoms with Gasteiger partial charge >= 0.3 is 0 Å². The Bertz CT molecular complexity index is 718. The van der Waals surface area contributed by atoms with E-state index < -0.39 is 0 Å². The third-order valence-corrected chi connectivity index (χ3v) is 3.69. The number of fused-ring (bicyclic) bond motifs is 1. The first kappa shape index (κ1) is 13.6. The topological polar surface area (TPSA) is 24.9 Å². The average molecular weight is 276 g/mol. The summed E-state index contributed by atoms with van der Waals surface area (Å²) in [6, 6.07) is 12.6. The van der Waals surface area contributed by atoms with E-state index in [0.29, 0.717) is 0 Å². The molecule has 2 heteroatoms. The van der Waals surface area contributed by atoms with Crippen LogP contribution in [0, 0.1) is 0 Å². The standard InChI is InChI=1S/C19H20N2/c1-19(2,3)15-9-11-20-16(12-15)13-18-17-7-5-4-6-14(17)8-10-21-18/h4-13,21H,1-3H3. The molecule has 21 heavy (non-hydrogen) atoms. The van der Waals surface area contributed by atoms with E-state index in [9.17, 15) is 0 Å². The molecule has 2 heterocycles. The van der Waals surface area contributed by atoms with Crippen molar-refractivity contribution in [2.45, 2.75) is 26.2 Å². The highest BCUT2D eigenvalue weighted by Crippen LogP contribution is 2.26. The predicted octanol–water partition coefficient (Wildman–Crippen LogP) is 4.45. The first-order valence-electron chi connectivity index (χ1n) is 7.25. The fraction of sp³-hybridized carbons (Fsp3) is 0.211. The number of pyridine rings is 1. The molecule has 1 N–H and O–H groups in total. The minimum absolute atomic E-state index is 0.133. The Kier molecular flexibility index (Phi) is 3.38. The van der Waals surface area contributed by atoms with Crippen LogP contribution in [-0.4, -0.2) is 4.98 Å². The molecule has 0 amide bonds. The second-order valence-corrected chi connectivity index (χ2v) is 6.34. The Morgan fingerprint density at radius 2 is 1.90 bits per heavy atom. The van der Waals surface area contributed by atoms with Gasteiger partial charge in [0.25, 0.3) is 0 Å². The van der Waals surface area contributed by atoms with Crippen LogP contribution in [0.4, 0.5) is 0 Å². The lowest BCUT2D eigenvalue weighted by atomic mass is 9.87. The molecule has 0 atom stereocenters. The second-order valence-electron chi connectivity index (χ2n) is 6.34. The van der Waals surface area contributed by atoms with Gasteiger partial charge in [0.1, 0.15) is 0 Å². The van der Waals surface area contributed by atoms with E-state index in [1.807, 2.05) is 12.4 Å². The van der Waals surface area contributed by atoms with Crippen LogP contribution in [0.3, 0.4) is 0 Å². The zero-order valence-electron chi connectivity index (χ0n) is 12.7. The van der Waals surface area contributed by atoms with Crippen molar-refractivity contribution in [1.82, 2.24) is 10.3 Å². The summed E-state index contributed by atoms with van der Waals surface area (Å²) in [6.45, 7) is 6.66. The molecular weight excluding hydrogens is 256 g/mol. The van der Waals surface area contributed by atoms with E-state index in [1.54, 1.807) is 0 Å². The van der Waals surface area contributed by atoms with Gasteiger partial charge in [0, 0.05) is 23.7 Å². The number of aromatic nitrogens is 1. The van der Waals surface area contributed by atoms with Crippen LogP contribution in [0.15, 0.2) is 48.8 Å². The van der Waals surface area contributed by atoms with Gasteiger partial charge in [0.15, 0.2) is 0 Å². The van der Waals surface area contributed by atoms with Gasteiger partial charge in [-0.2, -0.15) is 0 Å². The lowest BCUT2D eigenvalue weighted by Gasteiger charge is -2.19. The van der Waals surface area contributed by atoms with Crippen molar-refractivity contribution in [3.8, 4) is 0 Å². The summed E-state index contributed by atoms with van der Waals surface area (Å²) in [5.41, 5.74) is 5.94. The van der Waals surface area contributed by atoms with Gasteiger partial charge in [-0.15, -0.1) is 0 Å². The Morgan fingerprint density at radius 3 is 2.71 bits per heavy atom. The van der Waals surface area contributed by atoms with E-state index in [0.717, 1.165) is 11.4 Å². The SMILES string of the molecule is CC(C)(C)c1ccnc(C=C2NC=Cc3ccccc32)c1. The van der Waals surface area contributed by atoms with Crippen molar-refractivity contribution < 1.29 is 0 Å². The van der Waals surface area contributed by atoms with Gasteiger partial charge in [-0.05, 0) is 40.8 Å². The van der Waals surface area contributed by atoms with E-state index in [2.05, 4.69) is 79.6 Å². The average Bonchev–Trinajstić information content (AvgIpc) is 2.47. The van der Waals surface area contributed by atoms with Gasteiger partial charge in [-0.3, -0.25) is 4.98 Å². The van der Waals surface area contributed by atoms with Crippen LogP contribution in [0.1, 0.15) is 43.2 Å². The quantitative estimate of drug-likeness (QED) is 0.832. The predicted molar refractivity (Wildman–Crippen MR) is 89.4 cm³/mol. The summed E-state index contributed by atoms with van der Waals surface area (Å²) in [6.07, 6.45) is 8.06. The molecule has 0 aliphatic carbocycles. The molecule has 3 rings (SSSR count). The van der Waals surface area contributed by atoms with Crippen molar-refractivity contribution in [3.63, 3.8) is 0 Å². The Labute approximate surface area is 126 Å². The van der Waals surface area contributed by atoms with Crippen molar-refractivity contribution in [2.75, 3.05) is 0 Å². The largest absolute Gasteiger partial charge is 0.361 e. The first-order valence-corrected chi connectivity index (χ1v) is 7.25. The molecular formula is C19H20N2. The number of nitrogens with one attached hydrogen (secondary N) is 1. The van der Waals surface area contributed by atoms with E-state index >= 15 is 0 Å². The molecule has 2 nitrogen and oxygen atoms in total. The summed E-state index contributed by atoms with van der Waals surface area (Å²) in [5, 5.41) is 3.32. The molecule has 1 aliphatic heterocycles. The zero-order valence-corrected chi connectivity index (χ0v) is 12.7. The molecule has 0 radical (unpaired) electrons. The maximum absolute atomic E-state index is 4.48. The molecule has 0 unspecified atom stereocenters. The minimum Gasteiger partial charge on any atom is -0.361 e. The van der Waals surface area contributed by atoms with Crippen LogP contribution in [0.5, 0.6) is 0 Å². The van der Waals surface area contributed by atoms with Gasteiger partial charge in [0.2, 0.25) is 0 Å². The minimum atomic E-state index is 0.133. The third-order valence-electron chi connectivity index (χ3n) is 3.69. The number of benzene rings is 1. The highest BCUT2D eigenvalue weighted by Gasteiger charge is 2.14. The summed E-state index contributed by atoms with van der Waals surface area (Å²) in [4.78, 5) is 4.48. The van der Waals surface area contributed by atoms with Crippen molar-refractivity contribution in [3.05, 3.63) is 71.2 Å². The Balaban J connectivity index is 2.02. The smallest absolute Gasteiger partial charge is 0.0653 e. The number of nitrogens with zero attached hydrogens (tertiary/aromatic N) is 1. The fourth-order valence-electron chi connectivity index (χ4n) is 2.45. The molecule has 0 bridgehead atoms. The summed E-state index contributed by atoms with van der Waals surface area (Å²) >= 11 is 0.